The number of benzene rings is 2. The van der Waals surface area contributed by atoms with Gasteiger partial charge < -0.3 is 24.3 Å². The number of nitrogens with one attached hydrogen (secondary N) is 1. The second-order valence-electron chi connectivity index (χ2n) is 5.75. The average molecular weight is 399 g/mol. The van der Waals surface area contributed by atoms with Crippen LogP contribution in [0.4, 0.5) is 11.4 Å². The lowest BCUT2D eigenvalue weighted by Gasteiger charge is -2.15. The first kappa shape index (κ1) is 19.6. The summed E-state index contributed by atoms with van der Waals surface area (Å²) in [6.07, 6.45) is 0. The van der Waals surface area contributed by atoms with Crippen molar-refractivity contribution in [1.82, 2.24) is 0 Å². The minimum Gasteiger partial charge on any atom is -0.493 e. The molecule has 7 heteroatoms. The molecule has 0 atom stereocenters. The van der Waals surface area contributed by atoms with Crippen molar-refractivity contribution in [3.8, 4) is 27.7 Å². The number of carbonyl (C=O) groups is 1. The van der Waals surface area contributed by atoms with Crippen molar-refractivity contribution in [3.63, 3.8) is 0 Å². The van der Waals surface area contributed by atoms with E-state index in [1.165, 1.54) is 18.4 Å². The zero-order valence-corrected chi connectivity index (χ0v) is 16.9. The van der Waals surface area contributed by atoms with Gasteiger partial charge in [0.05, 0.1) is 34.1 Å². The SMILES string of the molecule is COC(=O)c1sc(-c2ccccc2)cc1Nc1cc(OC)c(OC)c(OC)c1. The monoisotopic (exact) mass is 399 g/mol. The van der Waals surface area contributed by atoms with Crippen LogP contribution in [0.1, 0.15) is 9.67 Å². The molecule has 0 spiro atoms. The van der Waals surface area contributed by atoms with Crippen molar-refractivity contribution in [2.24, 2.45) is 0 Å². The Morgan fingerprint density at radius 2 is 1.54 bits per heavy atom. The molecule has 6 nitrogen and oxygen atoms in total. The highest BCUT2D eigenvalue weighted by atomic mass is 32.1. The number of rotatable bonds is 7. The van der Waals surface area contributed by atoms with Crippen molar-refractivity contribution >= 4 is 28.7 Å². The molecule has 1 aromatic heterocycles. The lowest BCUT2D eigenvalue weighted by atomic mass is 10.2. The third-order valence-electron chi connectivity index (χ3n) is 4.10. The molecule has 28 heavy (non-hydrogen) atoms. The second kappa shape index (κ2) is 8.67. The highest BCUT2D eigenvalue weighted by molar-refractivity contribution is 7.18. The van der Waals surface area contributed by atoms with Crippen LogP contribution >= 0.6 is 11.3 Å². The van der Waals surface area contributed by atoms with Crippen LogP contribution in [-0.4, -0.2) is 34.4 Å². The summed E-state index contributed by atoms with van der Waals surface area (Å²) in [5.74, 6) is 1.13. The van der Waals surface area contributed by atoms with Gasteiger partial charge in [0.15, 0.2) is 11.5 Å². The Morgan fingerprint density at radius 3 is 2.07 bits per heavy atom. The van der Waals surface area contributed by atoms with E-state index in [4.69, 9.17) is 18.9 Å². The Balaban J connectivity index is 2.04. The van der Waals surface area contributed by atoms with E-state index in [0.717, 1.165) is 10.4 Å². The van der Waals surface area contributed by atoms with Gasteiger partial charge in [-0.25, -0.2) is 4.79 Å². The Kier molecular flexibility index (Phi) is 6.06. The predicted octanol–water partition coefficient (Wildman–Crippen LogP) is 4.97. The number of esters is 1. The Labute approximate surface area is 167 Å². The third-order valence-corrected chi connectivity index (χ3v) is 5.27. The van der Waals surface area contributed by atoms with E-state index < -0.39 is 5.97 Å². The molecule has 0 unspecified atom stereocenters. The lowest BCUT2D eigenvalue weighted by Crippen LogP contribution is -2.03. The fraction of sp³-hybridized carbons (Fsp3) is 0.190. The van der Waals surface area contributed by atoms with Gasteiger partial charge in [-0.05, 0) is 11.6 Å². The molecule has 0 bridgehead atoms. The molecule has 2 aromatic carbocycles. The molecule has 0 saturated heterocycles. The first-order chi connectivity index (χ1) is 13.6. The number of hydrogen-bond acceptors (Lipinski definition) is 7. The fourth-order valence-electron chi connectivity index (χ4n) is 2.78. The van der Waals surface area contributed by atoms with Gasteiger partial charge >= 0.3 is 5.97 Å². The molecule has 0 fully saturated rings. The first-order valence-electron chi connectivity index (χ1n) is 8.45. The van der Waals surface area contributed by atoms with Crippen LogP contribution in [0.15, 0.2) is 48.5 Å². The Morgan fingerprint density at radius 1 is 0.893 bits per heavy atom. The third kappa shape index (κ3) is 3.89. The van der Waals surface area contributed by atoms with Crippen molar-refractivity contribution in [3.05, 3.63) is 53.4 Å². The summed E-state index contributed by atoms with van der Waals surface area (Å²) in [5.41, 5.74) is 2.36. The van der Waals surface area contributed by atoms with E-state index in [1.807, 2.05) is 36.4 Å². The fourth-order valence-corrected chi connectivity index (χ4v) is 3.82. The van der Waals surface area contributed by atoms with E-state index >= 15 is 0 Å². The van der Waals surface area contributed by atoms with Gasteiger partial charge in [0.1, 0.15) is 4.88 Å². The summed E-state index contributed by atoms with van der Waals surface area (Å²) >= 11 is 1.37. The van der Waals surface area contributed by atoms with Crippen molar-refractivity contribution in [1.29, 1.82) is 0 Å². The molecule has 146 valence electrons. The summed E-state index contributed by atoms with van der Waals surface area (Å²) in [5, 5.41) is 3.27. The van der Waals surface area contributed by atoms with Crippen LogP contribution in [0.2, 0.25) is 0 Å². The lowest BCUT2D eigenvalue weighted by molar-refractivity contribution is 0.0607. The van der Waals surface area contributed by atoms with Crippen molar-refractivity contribution < 1.29 is 23.7 Å². The van der Waals surface area contributed by atoms with Crippen molar-refractivity contribution in [2.45, 2.75) is 0 Å². The topological polar surface area (TPSA) is 66.0 Å². The number of carbonyl (C=O) groups excluding carboxylic acids is 1. The largest absolute Gasteiger partial charge is 0.493 e. The van der Waals surface area contributed by atoms with Crippen LogP contribution in [-0.2, 0) is 4.74 Å². The van der Waals surface area contributed by atoms with Crippen LogP contribution in [0, 0.1) is 0 Å². The van der Waals surface area contributed by atoms with Crippen LogP contribution in [0.5, 0.6) is 17.2 Å². The highest BCUT2D eigenvalue weighted by Gasteiger charge is 2.20. The summed E-state index contributed by atoms with van der Waals surface area (Å²) in [4.78, 5) is 13.7. The normalized spacial score (nSPS) is 10.3. The first-order valence-corrected chi connectivity index (χ1v) is 9.27. The minimum atomic E-state index is -0.401. The van der Waals surface area contributed by atoms with Crippen molar-refractivity contribution in [2.75, 3.05) is 33.8 Å². The molecular weight excluding hydrogens is 378 g/mol. The molecule has 1 N–H and O–H groups in total. The molecule has 0 aliphatic rings. The van der Waals surface area contributed by atoms with Gasteiger partial charge in [-0.3, -0.25) is 0 Å². The maximum absolute atomic E-state index is 12.3. The summed E-state index contributed by atoms with van der Waals surface area (Å²) < 4.78 is 21.1. The van der Waals surface area contributed by atoms with Gasteiger partial charge in [-0.15, -0.1) is 11.3 Å². The summed E-state index contributed by atoms with van der Waals surface area (Å²) in [7, 11) is 6.03. The van der Waals surface area contributed by atoms with E-state index in [1.54, 1.807) is 33.5 Å². The molecule has 1 heterocycles. The van der Waals surface area contributed by atoms with Gasteiger partial charge in [0, 0.05) is 22.7 Å². The molecule has 0 amide bonds. The number of ether oxygens (including phenoxy) is 4. The second-order valence-corrected chi connectivity index (χ2v) is 6.80. The number of methoxy groups -OCH3 is 4. The van der Waals surface area contributed by atoms with E-state index in [0.29, 0.717) is 33.5 Å². The van der Waals surface area contributed by atoms with Crippen LogP contribution < -0.4 is 19.5 Å². The molecule has 0 aliphatic carbocycles. The Bertz CT molecular complexity index is 943. The number of thiophene rings is 1. The summed E-state index contributed by atoms with van der Waals surface area (Å²) in [6, 6.07) is 15.3. The van der Waals surface area contributed by atoms with Crippen LogP contribution in [0.25, 0.3) is 10.4 Å². The summed E-state index contributed by atoms with van der Waals surface area (Å²) in [6.45, 7) is 0. The number of anilines is 2. The number of hydrogen-bond donors (Lipinski definition) is 1. The molecule has 0 radical (unpaired) electrons. The van der Waals surface area contributed by atoms with Gasteiger partial charge in [0.2, 0.25) is 5.75 Å². The average Bonchev–Trinajstić information content (AvgIpc) is 3.16. The van der Waals surface area contributed by atoms with E-state index in [2.05, 4.69) is 5.32 Å². The Hall–Kier alpha value is -3.19. The maximum Gasteiger partial charge on any atom is 0.350 e. The van der Waals surface area contributed by atoms with E-state index in [9.17, 15) is 4.79 Å². The zero-order chi connectivity index (χ0) is 20.1. The predicted molar refractivity (Wildman–Crippen MR) is 110 cm³/mol. The van der Waals surface area contributed by atoms with Gasteiger partial charge in [-0.2, -0.15) is 0 Å². The van der Waals surface area contributed by atoms with E-state index in [-0.39, 0.29) is 0 Å². The minimum absolute atomic E-state index is 0.401. The molecule has 3 aromatic rings. The quantitative estimate of drug-likeness (QED) is 0.566. The highest BCUT2D eigenvalue weighted by Crippen LogP contribution is 2.42. The van der Waals surface area contributed by atoms with Gasteiger partial charge in [-0.1, -0.05) is 30.3 Å². The van der Waals surface area contributed by atoms with Gasteiger partial charge in [0.25, 0.3) is 0 Å². The zero-order valence-electron chi connectivity index (χ0n) is 16.1. The van der Waals surface area contributed by atoms with Crippen LogP contribution in [0.3, 0.4) is 0 Å². The maximum atomic E-state index is 12.3. The molecule has 0 saturated carbocycles. The molecule has 3 rings (SSSR count). The molecular formula is C21H21NO5S. The molecule has 0 aliphatic heterocycles. The standard InChI is InChI=1S/C21H21NO5S/c1-24-16-10-14(11-17(25-2)19(16)26-3)22-15-12-18(13-8-6-5-7-9-13)28-20(15)21(23)27-4/h5-12,22H,1-4H3. The smallest absolute Gasteiger partial charge is 0.350 e.